The van der Waals surface area contributed by atoms with Gasteiger partial charge in [0.1, 0.15) is 5.69 Å². The number of amides is 1. The molecule has 6 heteroatoms. The van der Waals surface area contributed by atoms with Crippen LogP contribution in [0.1, 0.15) is 36.1 Å². The van der Waals surface area contributed by atoms with Crippen LogP contribution in [0.15, 0.2) is 22.9 Å². The Balaban J connectivity index is 1.90. The monoisotopic (exact) mass is 262 g/mol. The molecule has 0 saturated heterocycles. The van der Waals surface area contributed by atoms with E-state index in [9.17, 15) is 4.79 Å². The van der Waals surface area contributed by atoms with E-state index in [1.165, 1.54) is 0 Å². The lowest BCUT2D eigenvalue weighted by atomic mass is 10.1. The molecule has 2 aromatic rings. The standard InChI is InChI=1S/C13H18N4O2/c1-9(2)7-12-15-11(16-19-12)8-14-13(18)10-5-4-6-17(10)3/h4-6,9H,7-8H2,1-3H3,(H,14,18). The molecule has 0 atom stereocenters. The molecule has 0 aliphatic carbocycles. The number of aryl methyl sites for hydroxylation is 1. The van der Waals surface area contributed by atoms with Crippen LogP contribution in [0.3, 0.4) is 0 Å². The zero-order chi connectivity index (χ0) is 13.8. The zero-order valence-corrected chi connectivity index (χ0v) is 11.4. The highest BCUT2D eigenvalue weighted by molar-refractivity contribution is 5.92. The molecule has 0 fully saturated rings. The van der Waals surface area contributed by atoms with Crippen molar-refractivity contribution in [2.75, 3.05) is 0 Å². The number of nitrogens with one attached hydrogen (secondary N) is 1. The highest BCUT2D eigenvalue weighted by Gasteiger charge is 2.11. The van der Waals surface area contributed by atoms with Gasteiger partial charge < -0.3 is 14.4 Å². The molecule has 2 heterocycles. The summed E-state index contributed by atoms with van der Waals surface area (Å²) in [7, 11) is 1.82. The fraction of sp³-hybridized carbons (Fsp3) is 0.462. The largest absolute Gasteiger partial charge is 0.347 e. The normalized spacial score (nSPS) is 10.9. The van der Waals surface area contributed by atoms with Crippen LogP contribution in [0.25, 0.3) is 0 Å². The molecule has 2 rings (SSSR count). The quantitative estimate of drug-likeness (QED) is 0.887. The zero-order valence-electron chi connectivity index (χ0n) is 11.4. The molecule has 6 nitrogen and oxygen atoms in total. The van der Waals surface area contributed by atoms with Crippen molar-refractivity contribution in [1.29, 1.82) is 0 Å². The van der Waals surface area contributed by atoms with Crippen molar-refractivity contribution in [3.63, 3.8) is 0 Å². The van der Waals surface area contributed by atoms with E-state index >= 15 is 0 Å². The molecule has 0 aliphatic heterocycles. The van der Waals surface area contributed by atoms with E-state index in [0.29, 0.717) is 23.3 Å². The first-order chi connectivity index (χ1) is 9.06. The fourth-order valence-electron chi connectivity index (χ4n) is 1.74. The van der Waals surface area contributed by atoms with Crippen LogP contribution in [0.4, 0.5) is 0 Å². The van der Waals surface area contributed by atoms with Gasteiger partial charge in [-0.25, -0.2) is 0 Å². The average Bonchev–Trinajstić information content (AvgIpc) is 2.94. The molecule has 0 spiro atoms. The van der Waals surface area contributed by atoms with Gasteiger partial charge in [0.25, 0.3) is 5.91 Å². The van der Waals surface area contributed by atoms with E-state index < -0.39 is 0 Å². The second-order valence-corrected chi connectivity index (χ2v) is 4.89. The Morgan fingerprint density at radius 2 is 2.32 bits per heavy atom. The van der Waals surface area contributed by atoms with Gasteiger partial charge in [0, 0.05) is 19.7 Å². The maximum atomic E-state index is 11.9. The van der Waals surface area contributed by atoms with Gasteiger partial charge in [0.05, 0.1) is 6.54 Å². The van der Waals surface area contributed by atoms with Crippen molar-refractivity contribution in [2.24, 2.45) is 13.0 Å². The topological polar surface area (TPSA) is 73.0 Å². The Bertz CT molecular complexity index is 556. The van der Waals surface area contributed by atoms with Gasteiger partial charge in [-0.2, -0.15) is 4.98 Å². The smallest absolute Gasteiger partial charge is 0.268 e. The minimum Gasteiger partial charge on any atom is -0.347 e. The summed E-state index contributed by atoms with van der Waals surface area (Å²) in [5, 5.41) is 6.60. The maximum Gasteiger partial charge on any atom is 0.268 e. The molecule has 0 bridgehead atoms. The van der Waals surface area contributed by atoms with Gasteiger partial charge in [-0.15, -0.1) is 0 Å². The van der Waals surface area contributed by atoms with Crippen LogP contribution in [0, 0.1) is 5.92 Å². The van der Waals surface area contributed by atoms with E-state index in [4.69, 9.17) is 4.52 Å². The molecule has 0 unspecified atom stereocenters. The Labute approximate surface area is 111 Å². The first kappa shape index (κ1) is 13.3. The molecule has 102 valence electrons. The van der Waals surface area contributed by atoms with Crippen molar-refractivity contribution in [3.05, 3.63) is 35.7 Å². The molecular formula is C13H18N4O2. The predicted octanol–water partition coefficient (Wildman–Crippen LogP) is 1.54. The van der Waals surface area contributed by atoms with Crippen LogP contribution in [-0.4, -0.2) is 20.6 Å². The molecule has 1 amide bonds. The number of rotatable bonds is 5. The summed E-state index contributed by atoms with van der Waals surface area (Å²) in [6.45, 7) is 4.44. The van der Waals surface area contributed by atoms with E-state index in [-0.39, 0.29) is 12.5 Å². The molecule has 0 aromatic carbocycles. The maximum absolute atomic E-state index is 11.9. The Kier molecular flexibility index (Phi) is 3.99. The first-order valence-corrected chi connectivity index (χ1v) is 6.27. The summed E-state index contributed by atoms with van der Waals surface area (Å²) in [5.74, 6) is 1.42. The van der Waals surface area contributed by atoms with Crippen LogP contribution in [-0.2, 0) is 20.0 Å². The van der Waals surface area contributed by atoms with Crippen LogP contribution in [0.2, 0.25) is 0 Å². The number of nitrogens with zero attached hydrogens (tertiary/aromatic N) is 3. The Morgan fingerprint density at radius 3 is 2.95 bits per heavy atom. The van der Waals surface area contributed by atoms with Crippen molar-refractivity contribution < 1.29 is 9.32 Å². The summed E-state index contributed by atoms with van der Waals surface area (Å²) < 4.78 is 6.86. The third kappa shape index (κ3) is 3.43. The van der Waals surface area contributed by atoms with E-state index in [0.717, 1.165) is 6.42 Å². The molecule has 0 aliphatic rings. The Morgan fingerprint density at radius 1 is 1.53 bits per heavy atom. The molecular weight excluding hydrogens is 244 g/mol. The molecule has 2 aromatic heterocycles. The minimum absolute atomic E-state index is 0.150. The van der Waals surface area contributed by atoms with Gasteiger partial charge in [-0.1, -0.05) is 19.0 Å². The second kappa shape index (κ2) is 5.69. The lowest BCUT2D eigenvalue weighted by Gasteiger charge is -2.03. The van der Waals surface area contributed by atoms with Gasteiger partial charge in [-0.3, -0.25) is 4.79 Å². The summed E-state index contributed by atoms with van der Waals surface area (Å²) >= 11 is 0. The van der Waals surface area contributed by atoms with Crippen molar-refractivity contribution >= 4 is 5.91 Å². The van der Waals surface area contributed by atoms with Crippen LogP contribution >= 0.6 is 0 Å². The van der Waals surface area contributed by atoms with Crippen molar-refractivity contribution in [1.82, 2.24) is 20.0 Å². The number of carbonyl (C=O) groups is 1. The van der Waals surface area contributed by atoms with Gasteiger partial charge >= 0.3 is 0 Å². The lowest BCUT2D eigenvalue weighted by molar-refractivity contribution is 0.0941. The summed E-state index contributed by atoms with van der Waals surface area (Å²) in [6.07, 6.45) is 2.57. The third-order valence-electron chi connectivity index (χ3n) is 2.68. The summed E-state index contributed by atoms with van der Waals surface area (Å²) in [5.41, 5.74) is 0.603. The number of hydrogen-bond acceptors (Lipinski definition) is 4. The number of carbonyl (C=O) groups excluding carboxylic acids is 1. The summed E-state index contributed by atoms with van der Waals surface area (Å²) in [6, 6.07) is 3.58. The van der Waals surface area contributed by atoms with Gasteiger partial charge in [0.15, 0.2) is 5.82 Å². The van der Waals surface area contributed by atoms with E-state index in [2.05, 4.69) is 29.3 Å². The van der Waals surface area contributed by atoms with E-state index in [1.54, 1.807) is 10.6 Å². The van der Waals surface area contributed by atoms with E-state index in [1.807, 2.05) is 19.3 Å². The SMILES string of the molecule is CC(C)Cc1nc(CNC(=O)c2cccn2C)no1. The number of aromatic nitrogens is 3. The predicted molar refractivity (Wildman–Crippen MR) is 69.4 cm³/mol. The van der Waals surface area contributed by atoms with Crippen LogP contribution in [0.5, 0.6) is 0 Å². The molecule has 1 N–H and O–H groups in total. The third-order valence-corrected chi connectivity index (χ3v) is 2.68. The minimum atomic E-state index is -0.150. The highest BCUT2D eigenvalue weighted by Crippen LogP contribution is 2.05. The molecule has 0 radical (unpaired) electrons. The van der Waals surface area contributed by atoms with Gasteiger partial charge in [0.2, 0.25) is 5.89 Å². The fourth-order valence-corrected chi connectivity index (χ4v) is 1.74. The highest BCUT2D eigenvalue weighted by atomic mass is 16.5. The van der Waals surface area contributed by atoms with Crippen LogP contribution < -0.4 is 5.32 Å². The van der Waals surface area contributed by atoms with Crippen molar-refractivity contribution in [2.45, 2.75) is 26.8 Å². The average molecular weight is 262 g/mol. The second-order valence-electron chi connectivity index (χ2n) is 4.89. The van der Waals surface area contributed by atoms with Gasteiger partial charge in [-0.05, 0) is 18.1 Å². The first-order valence-electron chi connectivity index (χ1n) is 6.27. The Hall–Kier alpha value is -2.11. The molecule has 19 heavy (non-hydrogen) atoms. The summed E-state index contributed by atoms with van der Waals surface area (Å²) in [4.78, 5) is 16.1. The lowest BCUT2D eigenvalue weighted by Crippen LogP contribution is -2.25. The molecule has 0 saturated carbocycles. The van der Waals surface area contributed by atoms with Crippen molar-refractivity contribution in [3.8, 4) is 0 Å². The number of hydrogen-bond donors (Lipinski definition) is 1.